The standard InChI is InChI=1S/C20H13NO2/c22-19(14-6-2-1-3-7-14)15-10-12-16(13-11-15)20-21-17-8-4-5-9-18(17)23-20/h1-13H. The van der Waals surface area contributed by atoms with Crippen LogP contribution >= 0.6 is 0 Å². The average molecular weight is 299 g/mol. The number of hydrogen-bond donors (Lipinski definition) is 0. The number of fused-ring (bicyclic) bond motifs is 1. The maximum atomic E-state index is 12.4. The zero-order valence-electron chi connectivity index (χ0n) is 12.3. The normalized spacial score (nSPS) is 10.8. The van der Waals surface area contributed by atoms with Crippen LogP contribution in [0, 0.1) is 0 Å². The molecule has 1 heterocycles. The predicted molar refractivity (Wildman–Crippen MR) is 89.3 cm³/mol. The van der Waals surface area contributed by atoms with Crippen molar-refractivity contribution in [3.63, 3.8) is 0 Å². The Morgan fingerprint density at radius 2 is 1.39 bits per heavy atom. The lowest BCUT2D eigenvalue weighted by Gasteiger charge is -2.02. The average Bonchev–Trinajstić information content (AvgIpc) is 3.06. The Labute approximate surface area is 133 Å². The van der Waals surface area contributed by atoms with Crippen LogP contribution in [0.3, 0.4) is 0 Å². The van der Waals surface area contributed by atoms with Gasteiger partial charge in [0.1, 0.15) is 5.52 Å². The van der Waals surface area contributed by atoms with Crippen LogP contribution in [0.2, 0.25) is 0 Å². The van der Waals surface area contributed by atoms with Crippen molar-refractivity contribution in [2.75, 3.05) is 0 Å². The molecule has 0 amide bonds. The smallest absolute Gasteiger partial charge is 0.227 e. The van der Waals surface area contributed by atoms with Gasteiger partial charge in [-0.3, -0.25) is 4.79 Å². The van der Waals surface area contributed by atoms with E-state index in [1.165, 1.54) is 0 Å². The van der Waals surface area contributed by atoms with Gasteiger partial charge in [-0.1, -0.05) is 54.6 Å². The number of oxazole rings is 1. The topological polar surface area (TPSA) is 43.1 Å². The Morgan fingerprint density at radius 1 is 0.739 bits per heavy atom. The van der Waals surface area contributed by atoms with Crippen LogP contribution in [0.4, 0.5) is 0 Å². The second-order valence-corrected chi connectivity index (χ2v) is 5.26. The molecule has 0 aliphatic rings. The zero-order chi connectivity index (χ0) is 15.6. The molecule has 110 valence electrons. The summed E-state index contributed by atoms with van der Waals surface area (Å²) in [5.74, 6) is 0.569. The van der Waals surface area contributed by atoms with Crippen molar-refractivity contribution in [2.24, 2.45) is 0 Å². The van der Waals surface area contributed by atoms with Crippen LogP contribution in [-0.4, -0.2) is 10.8 Å². The summed E-state index contributed by atoms with van der Waals surface area (Å²) >= 11 is 0. The fourth-order valence-electron chi connectivity index (χ4n) is 2.52. The van der Waals surface area contributed by atoms with Gasteiger partial charge in [-0.05, 0) is 24.3 Å². The van der Waals surface area contributed by atoms with Gasteiger partial charge in [0.25, 0.3) is 0 Å². The van der Waals surface area contributed by atoms with Crippen molar-refractivity contribution in [1.82, 2.24) is 4.98 Å². The third-order valence-electron chi connectivity index (χ3n) is 3.72. The molecule has 3 aromatic carbocycles. The SMILES string of the molecule is O=C(c1ccccc1)c1ccc(-c2nc3ccccc3o2)cc1. The van der Waals surface area contributed by atoms with Crippen LogP contribution in [-0.2, 0) is 0 Å². The first-order valence-electron chi connectivity index (χ1n) is 7.37. The first kappa shape index (κ1) is 13.5. The lowest BCUT2D eigenvalue weighted by atomic mass is 10.0. The summed E-state index contributed by atoms with van der Waals surface area (Å²) in [6, 6.07) is 24.2. The Balaban J connectivity index is 1.66. The summed E-state index contributed by atoms with van der Waals surface area (Å²) in [4.78, 5) is 16.9. The van der Waals surface area contributed by atoms with E-state index in [1.807, 2.05) is 66.7 Å². The quantitative estimate of drug-likeness (QED) is 0.514. The fourth-order valence-corrected chi connectivity index (χ4v) is 2.52. The van der Waals surface area contributed by atoms with Gasteiger partial charge in [0.2, 0.25) is 5.89 Å². The number of nitrogens with zero attached hydrogens (tertiary/aromatic N) is 1. The first-order valence-corrected chi connectivity index (χ1v) is 7.37. The van der Waals surface area contributed by atoms with Crippen molar-refractivity contribution in [3.05, 3.63) is 90.0 Å². The van der Waals surface area contributed by atoms with E-state index in [-0.39, 0.29) is 5.78 Å². The molecule has 3 heteroatoms. The summed E-state index contributed by atoms with van der Waals surface area (Å²) in [5, 5.41) is 0. The first-order chi connectivity index (χ1) is 11.3. The maximum absolute atomic E-state index is 12.4. The van der Waals surface area contributed by atoms with E-state index >= 15 is 0 Å². The van der Waals surface area contributed by atoms with E-state index < -0.39 is 0 Å². The van der Waals surface area contributed by atoms with Crippen molar-refractivity contribution >= 4 is 16.9 Å². The van der Waals surface area contributed by atoms with Crippen molar-refractivity contribution in [1.29, 1.82) is 0 Å². The molecule has 4 aromatic rings. The van der Waals surface area contributed by atoms with Gasteiger partial charge in [-0.25, -0.2) is 4.98 Å². The highest BCUT2D eigenvalue weighted by atomic mass is 16.3. The molecule has 0 aliphatic heterocycles. The van der Waals surface area contributed by atoms with Crippen molar-refractivity contribution < 1.29 is 9.21 Å². The summed E-state index contributed by atoms with van der Waals surface area (Å²) in [7, 11) is 0. The Morgan fingerprint density at radius 3 is 2.13 bits per heavy atom. The number of carbonyl (C=O) groups excluding carboxylic acids is 1. The highest BCUT2D eigenvalue weighted by molar-refractivity contribution is 6.09. The molecule has 0 radical (unpaired) electrons. The molecular weight excluding hydrogens is 286 g/mol. The maximum Gasteiger partial charge on any atom is 0.227 e. The number of ketones is 1. The van der Waals surface area contributed by atoms with E-state index in [9.17, 15) is 4.79 Å². The summed E-state index contributed by atoms with van der Waals surface area (Å²) in [6.45, 7) is 0. The molecule has 4 rings (SSSR count). The number of aromatic nitrogens is 1. The zero-order valence-corrected chi connectivity index (χ0v) is 12.3. The Bertz CT molecular complexity index is 936. The van der Waals surface area contributed by atoms with Gasteiger partial charge >= 0.3 is 0 Å². The molecule has 0 spiro atoms. The van der Waals surface area contributed by atoms with E-state index in [0.29, 0.717) is 17.0 Å². The summed E-state index contributed by atoms with van der Waals surface area (Å²) in [5.41, 5.74) is 3.77. The minimum absolute atomic E-state index is 0.00900. The lowest BCUT2D eigenvalue weighted by molar-refractivity contribution is 0.103. The highest BCUT2D eigenvalue weighted by Crippen LogP contribution is 2.24. The molecule has 3 nitrogen and oxygen atoms in total. The van der Waals surface area contributed by atoms with Crippen LogP contribution in [0.5, 0.6) is 0 Å². The highest BCUT2D eigenvalue weighted by Gasteiger charge is 2.11. The minimum atomic E-state index is 0.00900. The molecule has 0 bridgehead atoms. The van der Waals surface area contributed by atoms with Gasteiger partial charge in [0.15, 0.2) is 11.4 Å². The second-order valence-electron chi connectivity index (χ2n) is 5.26. The second kappa shape index (κ2) is 5.54. The number of carbonyl (C=O) groups is 1. The van der Waals surface area contributed by atoms with Crippen molar-refractivity contribution in [3.8, 4) is 11.5 Å². The minimum Gasteiger partial charge on any atom is -0.436 e. The number of para-hydroxylation sites is 2. The monoisotopic (exact) mass is 299 g/mol. The van der Waals surface area contributed by atoms with Crippen molar-refractivity contribution in [2.45, 2.75) is 0 Å². The molecule has 1 aromatic heterocycles. The Hall–Kier alpha value is -3.20. The van der Waals surface area contributed by atoms with Gasteiger partial charge < -0.3 is 4.42 Å². The van der Waals surface area contributed by atoms with Gasteiger partial charge in [-0.15, -0.1) is 0 Å². The van der Waals surface area contributed by atoms with E-state index in [2.05, 4.69) is 4.98 Å². The third kappa shape index (κ3) is 2.53. The van der Waals surface area contributed by atoms with Crippen LogP contribution < -0.4 is 0 Å². The molecule has 0 unspecified atom stereocenters. The molecule has 0 saturated carbocycles. The van der Waals surface area contributed by atoms with E-state index in [4.69, 9.17) is 4.42 Å². The lowest BCUT2D eigenvalue weighted by Crippen LogP contribution is -2.00. The fraction of sp³-hybridized carbons (Fsp3) is 0. The molecule has 0 N–H and O–H groups in total. The Kier molecular flexibility index (Phi) is 3.24. The van der Waals surface area contributed by atoms with Gasteiger partial charge in [0, 0.05) is 16.7 Å². The van der Waals surface area contributed by atoms with Crippen LogP contribution in [0.25, 0.3) is 22.6 Å². The predicted octanol–water partition coefficient (Wildman–Crippen LogP) is 4.73. The largest absolute Gasteiger partial charge is 0.436 e. The van der Waals surface area contributed by atoms with Gasteiger partial charge in [0.05, 0.1) is 0 Å². The molecule has 0 saturated heterocycles. The molecule has 23 heavy (non-hydrogen) atoms. The van der Waals surface area contributed by atoms with Crippen LogP contribution in [0.1, 0.15) is 15.9 Å². The number of rotatable bonds is 3. The molecular formula is C20H13NO2. The number of benzene rings is 3. The van der Waals surface area contributed by atoms with Crippen LogP contribution in [0.15, 0.2) is 83.3 Å². The molecule has 0 atom stereocenters. The number of hydrogen-bond acceptors (Lipinski definition) is 3. The van der Waals surface area contributed by atoms with E-state index in [1.54, 1.807) is 12.1 Å². The molecule has 0 fully saturated rings. The molecule has 0 aliphatic carbocycles. The third-order valence-corrected chi connectivity index (χ3v) is 3.72. The van der Waals surface area contributed by atoms with E-state index in [0.717, 1.165) is 16.7 Å². The summed E-state index contributed by atoms with van der Waals surface area (Å²) < 4.78 is 5.74. The van der Waals surface area contributed by atoms with Gasteiger partial charge in [-0.2, -0.15) is 0 Å². The summed E-state index contributed by atoms with van der Waals surface area (Å²) in [6.07, 6.45) is 0.